The molecule has 1 fully saturated rings. The normalized spacial score (nSPS) is 23.8. The molecular weight excluding hydrogens is 392 g/mol. The number of benzene rings is 1. The van der Waals surface area contributed by atoms with E-state index in [2.05, 4.69) is 10.0 Å². The minimum absolute atomic E-state index is 0.0111. The van der Waals surface area contributed by atoms with Gasteiger partial charge in [0.1, 0.15) is 6.04 Å². The summed E-state index contributed by atoms with van der Waals surface area (Å²) in [7, 11) is -3.35. The summed E-state index contributed by atoms with van der Waals surface area (Å²) < 4.78 is 25.8. The van der Waals surface area contributed by atoms with Gasteiger partial charge in [0.05, 0.1) is 12.8 Å². The van der Waals surface area contributed by atoms with Crippen molar-refractivity contribution in [3.63, 3.8) is 0 Å². The first kappa shape index (κ1) is 21.6. The summed E-state index contributed by atoms with van der Waals surface area (Å²) in [5.41, 5.74) is 1.62. The molecule has 3 amide bonds. The Morgan fingerprint density at radius 3 is 2.76 bits per heavy atom. The number of urea groups is 1. The molecule has 8 nitrogen and oxygen atoms in total. The fourth-order valence-corrected chi connectivity index (χ4v) is 4.92. The molecule has 3 atom stereocenters. The van der Waals surface area contributed by atoms with Crippen LogP contribution in [0.3, 0.4) is 0 Å². The highest BCUT2D eigenvalue weighted by atomic mass is 32.2. The topological polar surface area (TPSA) is 98.8 Å². The van der Waals surface area contributed by atoms with E-state index in [9.17, 15) is 18.0 Å². The lowest BCUT2D eigenvalue weighted by Crippen LogP contribution is -2.57. The van der Waals surface area contributed by atoms with E-state index in [1.807, 2.05) is 38.1 Å². The molecule has 9 heteroatoms. The minimum atomic E-state index is -3.35. The number of carbonyl (C=O) groups excluding carboxylic acids is 2. The van der Waals surface area contributed by atoms with Gasteiger partial charge in [-0.05, 0) is 30.4 Å². The highest BCUT2D eigenvalue weighted by Gasteiger charge is 2.39. The van der Waals surface area contributed by atoms with E-state index in [1.54, 1.807) is 9.80 Å². The number of nitrogens with zero attached hydrogens (tertiary/aromatic N) is 2. The number of hydrogen-bond donors (Lipinski definition) is 2. The summed E-state index contributed by atoms with van der Waals surface area (Å²) >= 11 is 0. The number of fused-ring (bicyclic) bond motifs is 1. The molecule has 2 aliphatic heterocycles. The second kappa shape index (κ2) is 8.71. The molecule has 1 aromatic carbocycles. The van der Waals surface area contributed by atoms with Crippen LogP contribution in [0.5, 0.6) is 0 Å². The average Bonchev–Trinajstić information content (AvgIpc) is 2.81. The minimum Gasteiger partial charge on any atom is -0.324 e. The van der Waals surface area contributed by atoms with Crippen LogP contribution in [-0.4, -0.2) is 61.6 Å². The summed E-state index contributed by atoms with van der Waals surface area (Å²) in [6, 6.07) is 6.41. The number of carbonyl (C=O) groups is 2. The molecular formula is C20H30N4O4S. The Labute approximate surface area is 172 Å². The molecule has 0 aliphatic carbocycles. The van der Waals surface area contributed by atoms with E-state index in [0.717, 1.165) is 23.9 Å². The smallest absolute Gasteiger partial charge is 0.321 e. The van der Waals surface area contributed by atoms with Gasteiger partial charge in [0.25, 0.3) is 0 Å². The molecule has 3 rings (SSSR count). The second-order valence-corrected chi connectivity index (χ2v) is 9.84. The standard InChI is InChI=1S/C20H30N4O4S/c1-4-14(2)18-19(25)21-17-10-6-5-8-15(17)12-24(18)20(26)23-11-7-9-16(13-23)22-29(3,27)28/h5-6,8,10,14,16,18,22H,4,7,9,11-13H2,1-3H3,(H,21,25)/t14-,16+,18-/m0/s1. The average molecular weight is 423 g/mol. The molecule has 1 aromatic rings. The van der Waals surface area contributed by atoms with Crippen molar-refractivity contribution in [1.82, 2.24) is 14.5 Å². The van der Waals surface area contributed by atoms with Gasteiger partial charge < -0.3 is 15.1 Å². The van der Waals surface area contributed by atoms with E-state index < -0.39 is 16.1 Å². The molecule has 1 saturated heterocycles. The van der Waals surface area contributed by atoms with Crippen molar-refractivity contribution in [3.8, 4) is 0 Å². The van der Waals surface area contributed by atoms with Crippen LogP contribution in [0.15, 0.2) is 24.3 Å². The predicted molar refractivity (Wildman–Crippen MR) is 112 cm³/mol. The summed E-state index contributed by atoms with van der Waals surface area (Å²) in [6.45, 7) is 5.17. The zero-order valence-corrected chi connectivity index (χ0v) is 18.0. The molecule has 0 radical (unpaired) electrons. The molecule has 2 aliphatic rings. The van der Waals surface area contributed by atoms with Gasteiger partial charge in [-0.1, -0.05) is 38.5 Å². The zero-order valence-electron chi connectivity index (χ0n) is 17.2. The number of likely N-dealkylation sites (tertiary alicyclic amines) is 1. The largest absolute Gasteiger partial charge is 0.324 e. The molecule has 160 valence electrons. The van der Waals surface area contributed by atoms with Crippen LogP contribution in [0.4, 0.5) is 10.5 Å². The van der Waals surface area contributed by atoms with Crippen LogP contribution in [-0.2, 0) is 21.4 Å². The van der Waals surface area contributed by atoms with Gasteiger partial charge in [-0.3, -0.25) is 4.79 Å². The monoisotopic (exact) mass is 422 g/mol. The lowest BCUT2D eigenvalue weighted by atomic mass is 9.96. The SMILES string of the molecule is CC[C@H](C)[C@H]1C(=O)Nc2ccccc2CN1C(=O)N1CCC[C@@H](NS(C)(=O)=O)C1. The summed E-state index contributed by atoms with van der Waals surface area (Å²) in [5.74, 6) is -0.191. The Morgan fingerprint density at radius 1 is 1.34 bits per heavy atom. The molecule has 0 aromatic heterocycles. The third kappa shape index (κ3) is 5.08. The maximum Gasteiger partial charge on any atom is 0.321 e. The maximum absolute atomic E-state index is 13.5. The molecule has 0 saturated carbocycles. The maximum atomic E-state index is 13.5. The number of amides is 3. The van der Waals surface area contributed by atoms with Crippen LogP contribution in [0.1, 0.15) is 38.7 Å². The van der Waals surface area contributed by atoms with Crippen LogP contribution in [0.2, 0.25) is 0 Å². The second-order valence-electron chi connectivity index (χ2n) is 8.06. The van der Waals surface area contributed by atoms with E-state index in [-0.39, 0.29) is 23.9 Å². The van der Waals surface area contributed by atoms with Crippen molar-refractivity contribution in [2.45, 2.75) is 51.7 Å². The lowest BCUT2D eigenvalue weighted by Gasteiger charge is -2.39. The van der Waals surface area contributed by atoms with Crippen molar-refractivity contribution < 1.29 is 18.0 Å². The Kier molecular flexibility index (Phi) is 6.48. The van der Waals surface area contributed by atoms with Gasteiger partial charge >= 0.3 is 6.03 Å². The number of nitrogens with one attached hydrogen (secondary N) is 2. The van der Waals surface area contributed by atoms with Gasteiger partial charge in [0, 0.05) is 24.8 Å². The number of anilines is 1. The third-order valence-corrected chi connectivity index (χ3v) is 6.48. The van der Waals surface area contributed by atoms with Crippen molar-refractivity contribution >= 4 is 27.6 Å². The number of rotatable bonds is 4. The third-order valence-electron chi connectivity index (χ3n) is 5.72. The van der Waals surface area contributed by atoms with Crippen LogP contribution in [0.25, 0.3) is 0 Å². The molecule has 2 heterocycles. The van der Waals surface area contributed by atoms with Crippen molar-refractivity contribution in [1.29, 1.82) is 0 Å². The Bertz CT molecular complexity index is 873. The van der Waals surface area contributed by atoms with Crippen molar-refractivity contribution in [3.05, 3.63) is 29.8 Å². The van der Waals surface area contributed by atoms with Crippen LogP contribution < -0.4 is 10.0 Å². The summed E-state index contributed by atoms with van der Waals surface area (Å²) in [4.78, 5) is 29.8. The van der Waals surface area contributed by atoms with E-state index >= 15 is 0 Å². The highest BCUT2D eigenvalue weighted by molar-refractivity contribution is 7.88. The first-order chi connectivity index (χ1) is 13.7. The lowest BCUT2D eigenvalue weighted by molar-refractivity contribution is -0.122. The highest BCUT2D eigenvalue weighted by Crippen LogP contribution is 2.28. The molecule has 2 N–H and O–H groups in total. The van der Waals surface area contributed by atoms with Gasteiger partial charge in [-0.25, -0.2) is 17.9 Å². The van der Waals surface area contributed by atoms with Crippen LogP contribution in [0, 0.1) is 5.92 Å². The van der Waals surface area contributed by atoms with Gasteiger partial charge in [0.2, 0.25) is 15.9 Å². The quantitative estimate of drug-likeness (QED) is 0.775. The molecule has 0 unspecified atom stereocenters. The predicted octanol–water partition coefficient (Wildman–Crippen LogP) is 1.99. The number of para-hydroxylation sites is 1. The van der Waals surface area contributed by atoms with Gasteiger partial charge in [-0.2, -0.15) is 0 Å². The molecule has 0 bridgehead atoms. The van der Waals surface area contributed by atoms with E-state index in [1.165, 1.54) is 0 Å². The van der Waals surface area contributed by atoms with Gasteiger partial charge in [0.15, 0.2) is 0 Å². The first-order valence-corrected chi connectivity index (χ1v) is 12.0. The Hall–Kier alpha value is -2.13. The van der Waals surface area contributed by atoms with Crippen molar-refractivity contribution in [2.75, 3.05) is 24.7 Å². The fraction of sp³-hybridized carbons (Fsp3) is 0.600. The first-order valence-electron chi connectivity index (χ1n) is 10.1. The Balaban J connectivity index is 1.87. The summed E-state index contributed by atoms with van der Waals surface area (Å²) in [6.07, 6.45) is 3.29. The number of sulfonamides is 1. The zero-order chi connectivity index (χ0) is 21.2. The summed E-state index contributed by atoms with van der Waals surface area (Å²) in [5, 5.41) is 2.97. The van der Waals surface area contributed by atoms with Gasteiger partial charge in [-0.15, -0.1) is 0 Å². The van der Waals surface area contributed by atoms with Crippen molar-refractivity contribution in [2.24, 2.45) is 5.92 Å². The van der Waals surface area contributed by atoms with E-state index in [4.69, 9.17) is 0 Å². The number of piperidine rings is 1. The number of hydrogen-bond acceptors (Lipinski definition) is 4. The van der Waals surface area contributed by atoms with E-state index in [0.29, 0.717) is 32.5 Å². The van der Waals surface area contributed by atoms with Crippen LogP contribution >= 0.6 is 0 Å². The fourth-order valence-electron chi connectivity index (χ4n) is 4.12. The molecule has 0 spiro atoms. The molecule has 29 heavy (non-hydrogen) atoms. The Morgan fingerprint density at radius 2 is 2.07 bits per heavy atom.